The fourth-order valence-electron chi connectivity index (χ4n) is 1.72. The maximum absolute atomic E-state index is 5.66. The molecule has 0 aliphatic carbocycles. The first-order chi connectivity index (χ1) is 6.33. The molecule has 0 radical (unpaired) electrons. The fraction of sp³-hybridized carbons (Fsp3) is 0.667. The highest BCUT2D eigenvalue weighted by Crippen LogP contribution is 2.34. The van der Waals surface area contributed by atoms with Gasteiger partial charge in [-0.2, -0.15) is 11.8 Å². The van der Waals surface area contributed by atoms with Gasteiger partial charge in [0.1, 0.15) is 5.76 Å². The molecule has 1 aliphatic heterocycles. The zero-order valence-electron chi connectivity index (χ0n) is 7.75. The number of aromatic nitrogens is 1. The van der Waals surface area contributed by atoms with Crippen molar-refractivity contribution in [3.63, 3.8) is 0 Å². The van der Waals surface area contributed by atoms with E-state index in [9.17, 15) is 0 Å². The Bertz CT molecular complexity index is 292. The van der Waals surface area contributed by atoms with Crippen LogP contribution in [0.15, 0.2) is 4.52 Å². The molecule has 2 N–H and O–H groups in total. The van der Waals surface area contributed by atoms with Gasteiger partial charge in [-0.05, 0) is 19.1 Å². The lowest BCUT2D eigenvalue weighted by Crippen LogP contribution is -2.04. The molecule has 1 unspecified atom stereocenters. The van der Waals surface area contributed by atoms with Crippen LogP contribution in [0, 0.1) is 6.92 Å². The maximum atomic E-state index is 5.66. The van der Waals surface area contributed by atoms with Crippen molar-refractivity contribution in [2.45, 2.75) is 25.8 Å². The molecule has 0 aromatic carbocycles. The Morgan fingerprint density at radius 3 is 3.15 bits per heavy atom. The quantitative estimate of drug-likeness (QED) is 0.785. The third-order valence-electron chi connectivity index (χ3n) is 2.52. The first-order valence-corrected chi connectivity index (χ1v) is 5.71. The largest absolute Gasteiger partial charge is 0.360 e. The zero-order valence-corrected chi connectivity index (χ0v) is 8.56. The van der Waals surface area contributed by atoms with Crippen molar-refractivity contribution < 1.29 is 4.52 Å². The molecule has 4 heteroatoms. The molecule has 1 aromatic heterocycles. The van der Waals surface area contributed by atoms with E-state index >= 15 is 0 Å². The summed E-state index contributed by atoms with van der Waals surface area (Å²) in [5.41, 5.74) is 7.73. The first-order valence-electron chi connectivity index (χ1n) is 4.55. The summed E-state index contributed by atoms with van der Waals surface area (Å²) in [7, 11) is 0. The van der Waals surface area contributed by atoms with Crippen LogP contribution in [0.1, 0.15) is 29.4 Å². The minimum atomic E-state index is 0.546. The molecule has 72 valence electrons. The van der Waals surface area contributed by atoms with Crippen LogP contribution in [0.2, 0.25) is 0 Å². The highest BCUT2D eigenvalue weighted by molar-refractivity contribution is 7.99. The van der Waals surface area contributed by atoms with Crippen molar-refractivity contribution in [2.75, 3.05) is 11.5 Å². The van der Waals surface area contributed by atoms with E-state index in [2.05, 4.69) is 5.16 Å². The highest BCUT2D eigenvalue weighted by Gasteiger charge is 2.25. The van der Waals surface area contributed by atoms with Gasteiger partial charge < -0.3 is 10.3 Å². The molecule has 1 saturated heterocycles. The van der Waals surface area contributed by atoms with Crippen LogP contribution in [0.5, 0.6) is 0 Å². The predicted molar refractivity (Wildman–Crippen MR) is 53.8 cm³/mol. The summed E-state index contributed by atoms with van der Waals surface area (Å²) in [5.74, 6) is 3.96. The van der Waals surface area contributed by atoms with Gasteiger partial charge in [0, 0.05) is 23.8 Å². The van der Waals surface area contributed by atoms with Crippen LogP contribution in [0.3, 0.4) is 0 Å². The normalized spacial score (nSPS) is 22.5. The van der Waals surface area contributed by atoms with E-state index in [1.807, 2.05) is 18.7 Å². The lowest BCUT2D eigenvalue weighted by Gasteiger charge is -2.04. The molecular formula is C9H14N2OS. The third kappa shape index (κ3) is 1.60. The Morgan fingerprint density at radius 1 is 1.69 bits per heavy atom. The Kier molecular flexibility index (Phi) is 2.60. The average molecular weight is 198 g/mol. The number of rotatable bonds is 2. The molecule has 1 aromatic rings. The van der Waals surface area contributed by atoms with E-state index in [1.54, 1.807) is 0 Å². The van der Waals surface area contributed by atoms with Crippen molar-refractivity contribution in [3.05, 3.63) is 17.0 Å². The third-order valence-corrected chi connectivity index (χ3v) is 3.68. The summed E-state index contributed by atoms with van der Waals surface area (Å²) in [5, 5.41) is 3.97. The Hall–Kier alpha value is -0.480. The molecule has 0 amide bonds. The summed E-state index contributed by atoms with van der Waals surface area (Å²) < 4.78 is 5.33. The van der Waals surface area contributed by atoms with Gasteiger partial charge in [-0.25, -0.2) is 0 Å². The minimum absolute atomic E-state index is 0.546. The molecule has 0 bridgehead atoms. The first kappa shape index (κ1) is 9.09. The van der Waals surface area contributed by atoms with Crippen molar-refractivity contribution in [3.8, 4) is 0 Å². The van der Waals surface area contributed by atoms with Gasteiger partial charge in [-0.15, -0.1) is 0 Å². The van der Waals surface area contributed by atoms with Crippen molar-refractivity contribution >= 4 is 11.8 Å². The molecule has 2 rings (SSSR count). The average Bonchev–Trinajstić information content (AvgIpc) is 2.71. The molecule has 3 nitrogen and oxygen atoms in total. The second-order valence-corrected chi connectivity index (χ2v) is 4.53. The number of hydrogen-bond acceptors (Lipinski definition) is 4. The SMILES string of the molecule is Cc1noc(C2CCSC2)c1CN. The topological polar surface area (TPSA) is 52.0 Å². The summed E-state index contributed by atoms with van der Waals surface area (Å²) in [6, 6.07) is 0. The second kappa shape index (κ2) is 3.72. The van der Waals surface area contributed by atoms with Gasteiger partial charge in [0.05, 0.1) is 5.69 Å². The summed E-state index contributed by atoms with van der Waals surface area (Å²) in [6.07, 6.45) is 1.20. The van der Waals surface area contributed by atoms with Gasteiger partial charge in [-0.1, -0.05) is 5.16 Å². The van der Waals surface area contributed by atoms with Gasteiger partial charge in [0.15, 0.2) is 0 Å². The number of nitrogens with two attached hydrogens (primary N) is 1. The molecule has 1 fully saturated rings. The van der Waals surface area contributed by atoms with E-state index in [1.165, 1.54) is 12.2 Å². The second-order valence-electron chi connectivity index (χ2n) is 3.38. The van der Waals surface area contributed by atoms with Crippen molar-refractivity contribution in [2.24, 2.45) is 5.73 Å². The summed E-state index contributed by atoms with van der Waals surface area (Å²) in [4.78, 5) is 0. The maximum Gasteiger partial charge on any atom is 0.145 e. The van der Waals surface area contributed by atoms with Crippen LogP contribution < -0.4 is 5.73 Å². The van der Waals surface area contributed by atoms with Crippen molar-refractivity contribution in [1.29, 1.82) is 0 Å². The Labute approximate surface area is 82.0 Å². The monoisotopic (exact) mass is 198 g/mol. The Morgan fingerprint density at radius 2 is 2.54 bits per heavy atom. The molecular weight excluding hydrogens is 184 g/mol. The van der Waals surface area contributed by atoms with Crippen LogP contribution >= 0.6 is 11.8 Å². The zero-order chi connectivity index (χ0) is 9.26. The van der Waals surface area contributed by atoms with Crippen LogP contribution in [0.4, 0.5) is 0 Å². The van der Waals surface area contributed by atoms with E-state index in [0.29, 0.717) is 12.5 Å². The fourth-order valence-corrected chi connectivity index (χ4v) is 2.94. The van der Waals surface area contributed by atoms with E-state index < -0.39 is 0 Å². The number of hydrogen-bond donors (Lipinski definition) is 1. The highest BCUT2D eigenvalue weighted by atomic mass is 32.2. The number of nitrogens with zero attached hydrogens (tertiary/aromatic N) is 1. The van der Waals surface area contributed by atoms with Gasteiger partial charge >= 0.3 is 0 Å². The van der Waals surface area contributed by atoms with Gasteiger partial charge in [0.2, 0.25) is 0 Å². The number of thioether (sulfide) groups is 1. The van der Waals surface area contributed by atoms with Crippen LogP contribution in [-0.2, 0) is 6.54 Å². The smallest absolute Gasteiger partial charge is 0.145 e. The van der Waals surface area contributed by atoms with Gasteiger partial charge in [0.25, 0.3) is 0 Å². The van der Waals surface area contributed by atoms with Gasteiger partial charge in [-0.3, -0.25) is 0 Å². The van der Waals surface area contributed by atoms with E-state index in [-0.39, 0.29) is 0 Å². The summed E-state index contributed by atoms with van der Waals surface area (Å²) in [6.45, 7) is 2.50. The molecule has 0 spiro atoms. The van der Waals surface area contributed by atoms with Crippen LogP contribution in [-0.4, -0.2) is 16.7 Å². The molecule has 0 saturated carbocycles. The summed E-state index contributed by atoms with van der Waals surface area (Å²) >= 11 is 1.98. The lowest BCUT2D eigenvalue weighted by molar-refractivity contribution is 0.362. The molecule has 2 heterocycles. The standard InChI is InChI=1S/C9H14N2OS/c1-6-8(4-10)9(12-11-6)7-2-3-13-5-7/h7H,2-5,10H2,1H3. The molecule has 1 aliphatic rings. The van der Waals surface area contributed by atoms with Crippen LogP contribution in [0.25, 0.3) is 0 Å². The van der Waals surface area contributed by atoms with E-state index in [4.69, 9.17) is 10.3 Å². The minimum Gasteiger partial charge on any atom is -0.360 e. The molecule has 1 atom stereocenters. The molecule has 13 heavy (non-hydrogen) atoms. The van der Waals surface area contributed by atoms with Crippen molar-refractivity contribution in [1.82, 2.24) is 5.16 Å². The van der Waals surface area contributed by atoms with E-state index in [0.717, 1.165) is 22.8 Å². The lowest BCUT2D eigenvalue weighted by atomic mass is 10.0. The predicted octanol–water partition coefficient (Wildman–Crippen LogP) is 1.66. The number of aryl methyl sites for hydroxylation is 1. The Balaban J connectivity index is 2.27.